The number of nitrogens with zero attached hydrogens (tertiary/aromatic N) is 5. The highest BCUT2D eigenvalue weighted by atomic mass is 16.5. The van der Waals surface area contributed by atoms with E-state index in [0.717, 1.165) is 42.8 Å². The number of carbonyl (C=O) groups is 1. The highest BCUT2D eigenvalue weighted by molar-refractivity contribution is 5.80. The second-order valence-electron chi connectivity index (χ2n) is 7.71. The van der Waals surface area contributed by atoms with E-state index in [4.69, 9.17) is 9.84 Å². The van der Waals surface area contributed by atoms with Crippen LogP contribution >= 0.6 is 0 Å². The molecule has 1 aromatic carbocycles. The molecule has 4 rings (SSSR count). The van der Waals surface area contributed by atoms with E-state index in [-0.39, 0.29) is 18.4 Å². The minimum Gasteiger partial charge on any atom is -0.484 e. The van der Waals surface area contributed by atoms with Gasteiger partial charge < -0.3 is 14.5 Å². The molecule has 7 heteroatoms. The number of hydrogen-bond donors (Lipinski definition) is 0. The number of amides is 1. The third-order valence-corrected chi connectivity index (χ3v) is 5.33. The molecule has 152 valence electrons. The summed E-state index contributed by atoms with van der Waals surface area (Å²) in [6, 6.07) is 13.5. The van der Waals surface area contributed by atoms with Gasteiger partial charge in [0.2, 0.25) is 0 Å². The average molecular weight is 393 g/mol. The fourth-order valence-corrected chi connectivity index (χ4v) is 3.75. The highest BCUT2D eigenvalue weighted by Crippen LogP contribution is 2.31. The fourth-order valence-electron chi connectivity index (χ4n) is 3.75. The molecule has 0 bridgehead atoms. The number of rotatable bonds is 7. The Bertz CT molecular complexity index is 970. The molecular formula is C22H27N5O2. The highest BCUT2D eigenvalue weighted by Gasteiger charge is 2.31. The molecule has 0 radical (unpaired) electrons. The number of likely N-dealkylation sites (tertiary alicyclic amines) is 1. The van der Waals surface area contributed by atoms with Crippen LogP contribution in [-0.2, 0) is 11.3 Å². The van der Waals surface area contributed by atoms with Crippen LogP contribution in [0.2, 0.25) is 0 Å². The number of ether oxygens (including phenoxy) is 1. The lowest BCUT2D eigenvalue weighted by Crippen LogP contribution is -2.32. The number of benzene rings is 1. The van der Waals surface area contributed by atoms with Crippen molar-refractivity contribution in [2.45, 2.75) is 18.9 Å². The van der Waals surface area contributed by atoms with Crippen molar-refractivity contribution in [3.63, 3.8) is 0 Å². The van der Waals surface area contributed by atoms with Crippen molar-refractivity contribution in [1.82, 2.24) is 24.6 Å². The molecular weight excluding hydrogens is 366 g/mol. The van der Waals surface area contributed by atoms with Gasteiger partial charge in [-0.25, -0.2) is 9.67 Å². The Morgan fingerprint density at radius 2 is 2.03 bits per heavy atom. The van der Waals surface area contributed by atoms with Gasteiger partial charge in [0.15, 0.2) is 12.3 Å². The quantitative estimate of drug-likeness (QED) is 0.617. The monoisotopic (exact) mass is 393 g/mol. The minimum atomic E-state index is 0.0193. The van der Waals surface area contributed by atoms with Crippen molar-refractivity contribution in [1.29, 1.82) is 0 Å². The number of pyridine rings is 1. The largest absolute Gasteiger partial charge is 0.484 e. The van der Waals surface area contributed by atoms with Crippen molar-refractivity contribution in [2.75, 3.05) is 40.3 Å². The second kappa shape index (κ2) is 8.61. The minimum absolute atomic E-state index is 0.0193. The number of aromatic nitrogens is 3. The van der Waals surface area contributed by atoms with Gasteiger partial charge in [-0.2, -0.15) is 5.10 Å². The SMILES string of the molecule is CN(C)CCn1nc([C@@H]2CCN(C(=O)COc3ccccc3)C2)c2cccnc21. The number of fused-ring (bicyclic) bond motifs is 1. The van der Waals surface area contributed by atoms with Gasteiger partial charge >= 0.3 is 0 Å². The molecule has 1 atom stereocenters. The van der Waals surface area contributed by atoms with E-state index in [1.165, 1.54) is 0 Å². The first-order valence-corrected chi connectivity index (χ1v) is 10.0. The van der Waals surface area contributed by atoms with Crippen LogP contribution < -0.4 is 4.74 Å². The van der Waals surface area contributed by atoms with Crippen LogP contribution in [0.5, 0.6) is 5.75 Å². The summed E-state index contributed by atoms with van der Waals surface area (Å²) >= 11 is 0. The van der Waals surface area contributed by atoms with E-state index in [0.29, 0.717) is 12.3 Å². The molecule has 0 saturated carbocycles. The molecule has 1 aliphatic heterocycles. The van der Waals surface area contributed by atoms with Gasteiger partial charge in [-0.1, -0.05) is 18.2 Å². The summed E-state index contributed by atoms with van der Waals surface area (Å²) in [6.07, 6.45) is 2.72. The fraction of sp³-hybridized carbons (Fsp3) is 0.409. The van der Waals surface area contributed by atoms with Gasteiger partial charge in [-0.3, -0.25) is 4.79 Å². The smallest absolute Gasteiger partial charge is 0.260 e. The zero-order valence-electron chi connectivity index (χ0n) is 17.0. The van der Waals surface area contributed by atoms with E-state index >= 15 is 0 Å². The maximum Gasteiger partial charge on any atom is 0.260 e. The van der Waals surface area contributed by atoms with E-state index in [1.807, 2.05) is 52.2 Å². The summed E-state index contributed by atoms with van der Waals surface area (Å²) in [4.78, 5) is 21.2. The second-order valence-corrected chi connectivity index (χ2v) is 7.71. The number of hydrogen-bond acceptors (Lipinski definition) is 5. The molecule has 0 N–H and O–H groups in total. The molecule has 0 aliphatic carbocycles. The van der Waals surface area contributed by atoms with Crippen LogP contribution in [0, 0.1) is 0 Å². The van der Waals surface area contributed by atoms with Crippen LogP contribution in [-0.4, -0.2) is 70.8 Å². The molecule has 29 heavy (non-hydrogen) atoms. The topological polar surface area (TPSA) is 63.5 Å². The first-order valence-electron chi connectivity index (χ1n) is 10.0. The normalized spacial score (nSPS) is 16.7. The lowest BCUT2D eigenvalue weighted by atomic mass is 10.0. The van der Waals surface area contributed by atoms with E-state index in [1.54, 1.807) is 0 Å². The van der Waals surface area contributed by atoms with E-state index in [2.05, 4.69) is 30.0 Å². The van der Waals surface area contributed by atoms with Crippen LogP contribution in [0.15, 0.2) is 48.7 Å². The lowest BCUT2D eigenvalue weighted by Gasteiger charge is -2.16. The third-order valence-electron chi connectivity index (χ3n) is 5.33. The first kappa shape index (κ1) is 19.4. The van der Waals surface area contributed by atoms with Crippen LogP contribution in [0.4, 0.5) is 0 Å². The average Bonchev–Trinajstić information content (AvgIpc) is 3.36. The molecule has 3 aromatic rings. The molecule has 1 amide bonds. The van der Waals surface area contributed by atoms with Gasteiger partial charge in [0.25, 0.3) is 5.91 Å². The summed E-state index contributed by atoms with van der Waals surface area (Å²) in [7, 11) is 4.11. The first-order chi connectivity index (χ1) is 14.1. The summed E-state index contributed by atoms with van der Waals surface area (Å²) in [5.74, 6) is 0.960. The Morgan fingerprint density at radius 1 is 1.21 bits per heavy atom. The van der Waals surface area contributed by atoms with Gasteiger partial charge in [-0.15, -0.1) is 0 Å². The third kappa shape index (κ3) is 4.40. The zero-order chi connectivity index (χ0) is 20.2. The molecule has 3 heterocycles. The molecule has 2 aromatic heterocycles. The maximum atomic E-state index is 12.6. The Hall–Kier alpha value is -2.93. The maximum absolute atomic E-state index is 12.6. The lowest BCUT2D eigenvalue weighted by molar-refractivity contribution is -0.132. The number of carbonyl (C=O) groups excluding carboxylic acids is 1. The summed E-state index contributed by atoms with van der Waals surface area (Å²) in [5, 5.41) is 5.98. The van der Waals surface area contributed by atoms with E-state index in [9.17, 15) is 4.79 Å². The molecule has 7 nitrogen and oxygen atoms in total. The molecule has 0 unspecified atom stereocenters. The molecule has 1 fully saturated rings. The Balaban J connectivity index is 1.44. The molecule has 0 spiro atoms. The number of para-hydroxylation sites is 1. The van der Waals surface area contributed by atoms with Crippen molar-refractivity contribution in [3.8, 4) is 5.75 Å². The Morgan fingerprint density at radius 3 is 2.83 bits per heavy atom. The van der Waals surface area contributed by atoms with Crippen molar-refractivity contribution in [2.24, 2.45) is 0 Å². The predicted octanol–water partition coefficient (Wildman–Crippen LogP) is 2.39. The van der Waals surface area contributed by atoms with Crippen molar-refractivity contribution < 1.29 is 9.53 Å². The van der Waals surface area contributed by atoms with Crippen LogP contribution in [0.25, 0.3) is 11.0 Å². The summed E-state index contributed by atoms with van der Waals surface area (Å²) in [6.45, 7) is 3.16. The molecule has 1 saturated heterocycles. The van der Waals surface area contributed by atoms with E-state index < -0.39 is 0 Å². The zero-order valence-corrected chi connectivity index (χ0v) is 17.0. The molecule has 1 aliphatic rings. The Kier molecular flexibility index (Phi) is 5.76. The number of likely N-dealkylation sites (N-methyl/N-ethyl adjacent to an activating group) is 1. The van der Waals surface area contributed by atoms with Gasteiger partial charge in [0.05, 0.1) is 12.2 Å². The van der Waals surface area contributed by atoms with Crippen molar-refractivity contribution in [3.05, 3.63) is 54.4 Å². The van der Waals surface area contributed by atoms with Gasteiger partial charge in [0.1, 0.15) is 5.75 Å². The van der Waals surface area contributed by atoms with Gasteiger partial charge in [-0.05, 0) is 44.8 Å². The Labute approximate surface area is 170 Å². The summed E-state index contributed by atoms with van der Waals surface area (Å²) < 4.78 is 7.62. The summed E-state index contributed by atoms with van der Waals surface area (Å²) in [5.41, 5.74) is 1.97. The van der Waals surface area contributed by atoms with Crippen LogP contribution in [0.3, 0.4) is 0 Å². The van der Waals surface area contributed by atoms with Crippen molar-refractivity contribution >= 4 is 16.9 Å². The van der Waals surface area contributed by atoms with Crippen LogP contribution in [0.1, 0.15) is 18.0 Å². The predicted molar refractivity (Wildman–Crippen MR) is 112 cm³/mol. The van der Waals surface area contributed by atoms with Gasteiger partial charge in [0, 0.05) is 37.1 Å². The standard InChI is InChI=1S/C22H27N5O2/c1-25(2)13-14-27-22-19(9-6-11-23-22)21(24-27)17-10-12-26(15-17)20(28)16-29-18-7-4-3-5-8-18/h3-9,11,17H,10,12-16H2,1-2H3/t17-/m1/s1.